The summed E-state index contributed by atoms with van der Waals surface area (Å²) in [5, 5.41) is 14.2. The van der Waals surface area contributed by atoms with Crippen molar-refractivity contribution in [3.05, 3.63) is 0 Å². The van der Waals surface area contributed by atoms with E-state index in [-0.39, 0.29) is 11.5 Å². The van der Waals surface area contributed by atoms with E-state index in [0.717, 1.165) is 31.4 Å². The predicted molar refractivity (Wildman–Crippen MR) is 61.5 cm³/mol. The van der Waals surface area contributed by atoms with Gasteiger partial charge in [0.1, 0.15) is 0 Å². The van der Waals surface area contributed by atoms with Crippen LogP contribution in [0, 0.1) is 16.7 Å². The summed E-state index contributed by atoms with van der Waals surface area (Å²) in [5.74, 6) is 5.98. The minimum absolute atomic E-state index is 0.170. The van der Waals surface area contributed by atoms with E-state index in [1.54, 1.807) is 0 Å². The van der Waals surface area contributed by atoms with Gasteiger partial charge in [0.15, 0.2) is 0 Å². The van der Waals surface area contributed by atoms with Crippen LogP contribution in [0.15, 0.2) is 5.10 Å². The number of nitrogens with zero attached hydrogens (tertiary/aromatic N) is 1. The molecule has 0 bridgehead atoms. The van der Waals surface area contributed by atoms with Gasteiger partial charge in [-0.05, 0) is 37.0 Å². The van der Waals surface area contributed by atoms with Crippen molar-refractivity contribution in [3.63, 3.8) is 0 Å². The maximum Gasteiger partial charge on any atom is 0.0649 e. The molecule has 86 valence electrons. The van der Waals surface area contributed by atoms with Gasteiger partial charge in [-0.3, -0.25) is 0 Å². The molecule has 3 nitrogen and oxygen atoms in total. The fourth-order valence-corrected chi connectivity index (χ4v) is 3.86. The Morgan fingerprint density at radius 1 is 1.33 bits per heavy atom. The molecule has 2 fully saturated rings. The molecule has 0 radical (unpaired) electrons. The molecule has 0 aromatic rings. The van der Waals surface area contributed by atoms with Crippen molar-refractivity contribution in [2.45, 2.75) is 52.6 Å². The van der Waals surface area contributed by atoms with Gasteiger partial charge in [-0.1, -0.05) is 20.8 Å². The van der Waals surface area contributed by atoms with Crippen molar-refractivity contribution >= 4 is 5.71 Å². The number of hydrogen-bond donors (Lipinski definition) is 2. The summed E-state index contributed by atoms with van der Waals surface area (Å²) < 4.78 is 0. The van der Waals surface area contributed by atoms with E-state index < -0.39 is 0 Å². The lowest BCUT2D eigenvalue weighted by Crippen LogP contribution is -2.50. The highest BCUT2D eigenvalue weighted by molar-refractivity contribution is 5.92. The number of rotatable bonds is 0. The quantitative estimate of drug-likeness (QED) is 0.474. The molecule has 0 amide bonds. The molecule has 3 heteroatoms. The van der Waals surface area contributed by atoms with E-state index in [2.05, 4.69) is 25.9 Å². The molecule has 15 heavy (non-hydrogen) atoms. The lowest BCUT2D eigenvalue weighted by molar-refractivity contribution is -0.0496. The number of fused-ring (bicyclic) bond motifs is 1. The van der Waals surface area contributed by atoms with Crippen LogP contribution in [0.2, 0.25) is 0 Å². The van der Waals surface area contributed by atoms with Crippen LogP contribution in [0.25, 0.3) is 0 Å². The zero-order valence-corrected chi connectivity index (χ0v) is 9.95. The van der Waals surface area contributed by atoms with Gasteiger partial charge in [0, 0.05) is 11.1 Å². The van der Waals surface area contributed by atoms with Gasteiger partial charge in [-0.15, -0.1) is 0 Å². The molecule has 2 rings (SSSR count). The Bertz CT molecular complexity index is 298. The summed E-state index contributed by atoms with van der Waals surface area (Å²) in [5.41, 5.74) is 1.16. The van der Waals surface area contributed by atoms with E-state index in [9.17, 15) is 5.11 Å². The highest BCUT2D eigenvalue weighted by atomic mass is 16.3. The van der Waals surface area contributed by atoms with Crippen molar-refractivity contribution in [1.82, 2.24) is 0 Å². The molecular formula is C12H22N2O. The van der Waals surface area contributed by atoms with E-state index in [1.165, 1.54) is 0 Å². The zero-order chi connectivity index (χ0) is 11.3. The highest BCUT2D eigenvalue weighted by Crippen LogP contribution is 2.57. The smallest absolute Gasteiger partial charge is 0.0649 e. The minimum atomic E-state index is -0.264. The molecular weight excluding hydrogens is 188 g/mol. The largest absolute Gasteiger partial charge is 0.392 e. The van der Waals surface area contributed by atoms with Gasteiger partial charge in [0.2, 0.25) is 0 Å². The van der Waals surface area contributed by atoms with Crippen molar-refractivity contribution in [1.29, 1.82) is 0 Å². The van der Waals surface area contributed by atoms with Crippen LogP contribution in [0.1, 0.15) is 46.5 Å². The highest BCUT2D eigenvalue weighted by Gasteiger charge is 2.57. The fraction of sp³-hybridized carbons (Fsp3) is 0.917. The Kier molecular flexibility index (Phi) is 2.34. The molecule has 2 aliphatic rings. The average molecular weight is 210 g/mol. The third-order valence-corrected chi connectivity index (χ3v) is 4.87. The topological polar surface area (TPSA) is 58.6 Å². The molecule has 3 atom stereocenters. The standard InChI is InChI=1S/C12H22N2O/c1-11(2)7-6-10(15)12(3)8(11)4-5-9(12)14-13/h8,10,15H,4-7,13H2,1-3H3/b14-9+/t8-,10+,12+/m0/s1. The van der Waals surface area contributed by atoms with Gasteiger partial charge < -0.3 is 10.9 Å². The number of hydrogen-bond acceptors (Lipinski definition) is 3. The molecule has 2 saturated carbocycles. The monoisotopic (exact) mass is 210 g/mol. The molecule has 0 aromatic heterocycles. The Labute approximate surface area is 91.7 Å². The summed E-state index contributed by atoms with van der Waals surface area (Å²) in [4.78, 5) is 0. The van der Waals surface area contributed by atoms with Crippen LogP contribution in [0.5, 0.6) is 0 Å². The third kappa shape index (κ3) is 1.32. The number of hydrazone groups is 1. The summed E-state index contributed by atoms with van der Waals surface area (Å²) >= 11 is 0. The number of aliphatic hydroxyl groups excluding tert-OH is 1. The van der Waals surface area contributed by atoms with Crippen molar-refractivity contribution in [3.8, 4) is 0 Å². The third-order valence-electron chi connectivity index (χ3n) is 4.87. The van der Waals surface area contributed by atoms with Gasteiger partial charge in [0.05, 0.1) is 6.10 Å². The predicted octanol–water partition coefficient (Wildman–Crippen LogP) is 1.90. The summed E-state index contributed by atoms with van der Waals surface area (Å²) in [7, 11) is 0. The van der Waals surface area contributed by atoms with Gasteiger partial charge in [0.25, 0.3) is 0 Å². The molecule has 0 aliphatic heterocycles. The SMILES string of the molecule is CC1(C)CC[C@@H](O)[C@@]2(C)/C(=N/N)CC[C@@H]12. The van der Waals surface area contributed by atoms with Crippen molar-refractivity contribution in [2.75, 3.05) is 0 Å². The maximum atomic E-state index is 10.2. The first-order chi connectivity index (χ1) is 6.93. The first-order valence-corrected chi connectivity index (χ1v) is 5.88. The normalized spacial score (nSPS) is 46.8. The van der Waals surface area contributed by atoms with Gasteiger partial charge >= 0.3 is 0 Å². The van der Waals surface area contributed by atoms with E-state index in [1.807, 2.05) is 0 Å². The van der Waals surface area contributed by atoms with E-state index in [0.29, 0.717) is 11.3 Å². The summed E-state index contributed by atoms with van der Waals surface area (Å²) in [6.07, 6.45) is 3.79. The Balaban J connectivity index is 2.42. The van der Waals surface area contributed by atoms with Gasteiger partial charge in [-0.2, -0.15) is 5.10 Å². The van der Waals surface area contributed by atoms with E-state index in [4.69, 9.17) is 5.84 Å². The van der Waals surface area contributed by atoms with Crippen LogP contribution in [-0.2, 0) is 0 Å². The van der Waals surface area contributed by atoms with Gasteiger partial charge in [-0.25, -0.2) is 0 Å². The van der Waals surface area contributed by atoms with Crippen LogP contribution in [-0.4, -0.2) is 16.9 Å². The Morgan fingerprint density at radius 2 is 2.00 bits per heavy atom. The molecule has 0 spiro atoms. The second-order valence-electron chi connectivity index (χ2n) is 5.99. The first-order valence-electron chi connectivity index (χ1n) is 5.88. The van der Waals surface area contributed by atoms with Crippen LogP contribution in [0.4, 0.5) is 0 Å². The zero-order valence-electron chi connectivity index (χ0n) is 9.95. The first kappa shape index (κ1) is 10.9. The second kappa shape index (κ2) is 3.21. The van der Waals surface area contributed by atoms with Crippen molar-refractivity contribution in [2.24, 2.45) is 27.7 Å². The summed E-state index contributed by atoms with van der Waals surface area (Å²) in [6, 6.07) is 0. The molecule has 0 aromatic carbocycles. The number of aliphatic hydroxyl groups is 1. The average Bonchev–Trinajstić information content (AvgIpc) is 2.52. The van der Waals surface area contributed by atoms with Crippen LogP contribution >= 0.6 is 0 Å². The van der Waals surface area contributed by atoms with Crippen LogP contribution < -0.4 is 5.84 Å². The fourth-order valence-electron chi connectivity index (χ4n) is 3.86. The molecule has 2 aliphatic carbocycles. The molecule has 3 N–H and O–H groups in total. The maximum absolute atomic E-state index is 10.2. The van der Waals surface area contributed by atoms with Crippen LogP contribution in [0.3, 0.4) is 0 Å². The second-order valence-corrected chi connectivity index (χ2v) is 5.99. The van der Waals surface area contributed by atoms with Crippen molar-refractivity contribution < 1.29 is 5.11 Å². The minimum Gasteiger partial charge on any atom is -0.392 e. The summed E-state index contributed by atoms with van der Waals surface area (Å²) in [6.45, 7) is 6.75. The Morgan fingerprint density at radius 3 is 2.60 bits per heavy atom. The van der Waals surface area contributed by atoms with E-state index >= 15 is 0 Å². The molecule has 0 unspecified atom stereocenters. The lowest BCUT2D eigenvalue weighted by atomic mass is 9.56. The molecule has 0 saturated heterocycles. The number of nitrogens with two attached hydrogens (primary N) is 1. The molecule has 0 heterocycles. The lowest BCUT2D eigenvalue weighted by Gasteiger charge is -2.49. The Hall–Kier alpha value is -0.570.